The maximum atomic E-state index is 12.5. The molecule has 1 aromatic carbocycles. The van der Waals surface area contributed by atoms with Crippen LogP contribution in [-0.2, 0) is 13.1 Å². The zero-order chi connectivity index (χ0) is 16.9. The number of urea groups is 1. The van der Waals surface area contributed by atoms with Gasteiger partial charge in [-0.05, 0) is 38.5 Å². The third kappa shape index (κ3) is 6.04. The van der Waals surface area contributed by atoms with E-state index in [0.29, 0.717) is 13.1 Å². The molecule has 2 amide bonds. The van der Waals surface area contributed by atoms with Crippen LogP contribution in [0.15, 0.2) is 42.5 Å². The molecule has 0 bridgehead atoms. The number of amides is 2. The molecule has 4 nitrogen and oxygen atoms in total. The first kappa shape index (κ1) is 17.5. The van der Waals surface area contributed by atoms with Crippen molar-refractivity contribution in [2.45, 2.75) is 39.5 Å². The van der Waals surface area contributed by atoms with Crippen LogP contribution >= 0.6 is 11.3 Å². The lowest BCUT2D eigenvalue weighted by Crippen LogP contribution is -2.46. The largest absolute Gasteiger partial charge is 0.389 e. The average molecular weight is 332 g/mol. The van der Waals surface area contributed by atoms with Gasteiger partial charge in [0.25, 0.3) is 0 Å². The van der Waals surface area contributed by atoms with E-state index < -0.39 is 5.60 Å². The minimum Gasteiger partial charge on any atom is -0.389 e. The number of aryl methyl sites for hydroxylation is 1. The first-order chi connectivity index (χ1) is 10.8. The molecule has 23 heavy (non-hydrogen) atoms. The van der Waals surface area contributed by atoms with E-state index in [-0.39, 0.29) is 12.6 Å². The fourth-order valence-electron chi connectivity index (χ4n) is 2.33. The molecule has 0 aliphatic heterocycles. The van der Waals surface area contributed by atoms with Gasteiger partial charge < -0.3 is 15.3 Å². The van der Waals surface area contributed by atoms with E-state index in [1.54, 1.807) is 30.1 Å². The molecule has 0 aliphatic rings. The van der Waals surface area contributed by atoms with Crippen LogP contribution in [0.3, 0.4) is 0 Å². The summed E-state index contributed by atoms with van der Waals surface area (Å²) in [4.78, 5) is 16.5. The van der Waals surface area contributed by atoms with Crippen LogP contribution < -0.4 is 5.32 Å². The Balaban J connectivity index is 2.01. The summed E-state index contributed by atoms with van der Waals surface area (Å²) in [5.74, 6) is 0. The molecule has 0 atom stereocenters. The molecule has 1 heterocycles. The summed E-state index contributed by atoms with van der Waals surface area (Å²) in [6, 6.07) is 13.7. The van der Waals surface area contributed by atoms with E-state index in [1.165, 1.54) is 4.88 Å². The second-order valence-electron chi connectivity index (χ2n) is 6.33. The van der Waals surface area contributed by atoms with E-state index in [0.717, 1.165) is 10.4 Å². The van der Waals surface area contributed by atoms with Gasteiger partial charge in [0.2, 0.25) is 0 Å². The van der Waals surface area contributed by atoms with Gasteiger partial charge in [-0.1, -0.05) is 30.3 Å². The Morgan fingerprint density at radius 1 is 1.22 bits per heavy atom. The molecule has 0 aliphatic carbocycles. The summed E-state index contributed by atoms with van der Waals surface area (Å²) in [7, 11) is 0. The minimum absolute atomic E-state index is 0.165. The number of aliphatic hydroxyl groups is 1. The Kier molecular flexibility index (Phi) is 5.80. The van der Waals surface area contributed by atoms with Crippen LogP contribution in [0.5, 0.6) is 0 Å². The summed E-state index contributed by atoms with van der Waals surface area (Å²) in [6.45, 7) is 6.72. The lowest BCUT2D eigenvalue weighted by Gasteiger charge is -2.29. The molecule has 0 spiro atoms. The van der Waals surface area contributed by atoms with Gasteiger partial charge in [-0.2, -0.15) is 0 Å². The Morgan fingerprint density at radius 2 is 1.91 bits per heavy atom. The number of nitrogens with one attached hydrogen (secondary N) is 1. The van der Waals surface area contributed by atoms with Crippen LogP contribution in [0.1, 0.15) is 29.2 Å². The average Bonchev–Trinajstić information content (AvgIpc) is 2.89. The van der Waals surface area contributed by atoms with Crippen molar-refractivity contribution in [2.75, 3.05) is 6.54 Å². The maximum absolute atomic E-state index is 12.5. The predicted molar refractivity (Wildman–Crippen MR) is 94.4 cm³/mol. The number of hydrogen-bond acceptors (Lipinski definition) is 3. The number of nitrogens with zero attached hydrogens (tertiary/aromatic N) is 1. The Morgan fingerprint density at radius 3 is 2.48 bits per heavy atom. The Hall–Kier alpha value is -1.85. The van der Waals surface area contributed by atoms with Gasteiger partial charge in [-0.25, -0.2) is 4.79 Å². The first-order valence-electron chi connectivity index (χ1n) is 7.68. The van der Waals surface area contributed by atoms with Crippen molar-refractivity contribution < 1.29 is 9.90 Å². The highest BCUT2D eigenvalue weighted by Gasteiger charge is 2.22. The molecule has 5 heteroatoms. The molecule has 0 saturated heterocycles. The summed E-state index contributed by atoms with van der Waals surface area (Å²) < 4.78 is 0. The van der Waals surface area contributed by atoms with Crippen LogP contribution in [0, 0.1) is 6.92 Å². The summed E-state index contributed by atoms with van der Waals surface area (Å²) in [5.41, 5.74) is 0.102. The summed E-state index contributed by atoms with van der Waals surface area (Å²) in [5, 5.41) is 13.0. The molecular formula is C18H24N2O2S. The number of hydrogen-bond donors (Lipinski definition) is 2. The van der Waals surface area contributed by atoms with E-state index in [2.05, 4.69) is 5.32 Å². The number of rotatable bonds is 6. The van der Waals surface area contributed by atoms with Crippen LogP contribution in [0.25, 0.3) is 0 Å². The molecule has 0 unspecified atom stereocenters. The van der Waals surface area contributed by atoms with Crippen LogP contribution in [0.4, 0.5) is 4.79 Å². The molecule has 2 aromatic rings. The number of benzene rings is 1. The van der Waals surface area contributed by atoms with Gasteiger partial charge in [0.15, 0.2) is 0 Å². The van der Waals surface area contributed by atoms with Gasteiger partial charge in [0.05, 0.1) is 18.7 Å². The van der Waals surface area contributed by atoms with Crippen molar-refractivity contribution in [2.24, 2.45) is 0 Å². The monoisotopic (exact) mass is 332 g/mol. The third-order valence-corrected chi connectivity index (χ3v) is 4.29. The fourth-order valence-corrected chi connectivity index (χ4v) is 3.16. The van der Waals surface area contributed by atoms with Crippen molar-refractivity contribution in [3.05, 3.63) is 57.8 Å². The van der Waals surface area contributed by atoms with Gasteiger partial charge in [-0.3, -0.25) is 0 Å². The van der Waals surface area contributed by atoms with E-state index in [4.69, 9.17) is 0 Å². The Labute approximate surface area is 141 Å². The van der Waals surface area contributed by atoms with Gasteiger partial charge in [-0.15, -0.1) is 11.3 Å². The van der Waals surface area contributed by atoms with Crippen molar-refractivity contribution in [3.63, 3.8) is 0 Å². The van der Waals surface area contributed by atoms with E-state index in [1.807, 2.05) is 49.4 Å². The number of carbonyl (C=O) groups excluding carboxylic acids is 1. The third-order valence-electron chi connectivity index (χ3n) is 3.29. The second kappa shape index (κ2) is 7.62. The molecule has 2 N–H and O–H groups in total. The van der Waals surface area contributed by atoms with Gasteiger partial charge in [0, 0.05) is 16.3 Å². The van der Waals surface area contributed by atoms with Crippen molar-refractivity contribution in [1.82, 2.24) is 10.2 Å². The van der Waals surface area contributed by atoms with Gasteiger partial charge in [0.1, 0.15) is 0 Å². The van der Waals surface area contributed by atoms with Crippen molar-refractivity contribution >= 4 is 17.4 Å². The lowest BCUT2D eigenvalue weighted by molar-refractivity contribution is 0.0446. The standard InChI is InChI=1S/C18H24N2O2S/c1-14-9-10-16(23-14)11-19-17(21)20(13-18(2,3)22)12-15-7-5-4-6-8-15/h4-10,22H,11-13H2,1-3H3,(H,19,21). The number of carbonyl (C=O) groups is 1. The van der Waals surface area contributed by atoms with Crippen molar-refractivity contribution in [1.29, 1.82) is 0 Å². The SMILES string of the molecule is Cc1ccc(CNC(=O)N(Cc2ccccc2)CC(C)(C)O)s1. The van der Waals surface area contributed by atoms with Crippen LogP contribution in [0.2, 0.25) is 0 Å². The Bertz CT molecular complexity index is 632. The molecule has 1 aromatic heterocycles. The smallest absolute Gasteiger partial charge is 0.318 e. The van der Waals surface area contributed by atoms with Crippen molar-refractivity contribution in [3.8, 4) is 0 Å². The summed E-state index contributed by atoms with van der Waals surface area (Å²) >= 11 is 1.68. The highest BCUT2D eigenvalue weighted by Crippen LogP contribution is 2.15. The predicted octanol–water partition coefficient (Wildman–Crippen LogP) is 3.54. The zero-order valence-electron chi connectivity index (χ0n) is 13.9. The molecule has 0 radical (unpaired) electrons. The highest BCUT2D eigenvalue weighted by molar-refractivity contribution is 7.11. The molecule has 124 valence electrons. The topological polar surface area (TPSA) is 52.6 Å². The normalized spacial score (nSPS) is 11.3. The fraction of sp³-hybridized carbons (Fsp3) is 0.389. The van der Waals surface area contributed by atoms with E-state index in [9.17, 15) is 9.90 Å². The van der Waals surface area contributed by atoms with E-state index >= 15 is 0 Å². The zero-order valence-corrected chi connectivity index (χ0v) is 14.7. The maximum Gasteiger partial charge on any atom is 0.318 e. The number of thiophene rings is 1. The molecular weight excluding hydrogens is 308 g/mol. The lowest BCUT2D eigenvalue weighted by atomic mass is 10.1. The first-order valence-corrected chi connectivity index (χ1v) is 8.49. The minimum atomic E-state index is -0.939. The molecule has 0 fully saturated rings. The van der Waals surface area contributed by atoms with Crippen LogP contribution in [-0.4, -0.2) is 28.2 Å². The second-order valence-corrected chi connectivity index (χ2v) is 7.70. The molecule has 2 rings (SSSR count). The molecule has 0 saturated carbocycles. The van der Waals surface area contributed by atoms with Gasteiger partial charge >= 0.3 is 6.03 Å². The summed E-state index contributed by atoms with van der Waals surface area (Å²) in [6.07, 6.45) is 0. The quantitative estimate of drug-likeness (QED) is 0.850. The highest BCUT2D eigenvalue weighted by atomic mass is 32.1.